The first-order valence-electron chi connectivity index (χ1n) is 5.38. The summed E-state index contributed by atoms with van der Waals surface area (Å²) in [6.45, 7) is 0. The maximum absolute atomic E-state index is 11.9. The van der Waals surface area contributed by atoms with Crippen LogP contribution in [0.15, 0.2) is 0 Å². The molecule has 0 aromatic heterocycles. The second-order valence-electron chi connectivity index (χ2n) is 5.63. The summed E-state index contributed by atoms with van der Waals surface area (Å²) in [5, 5.41) is 0. The van der Waals surface area contributed by atoms with E-state index in [9.17, 15) is 9.59 Å². The Bertz CT molecular complexity index is 346. The summed E-state index contributed by atoms with van der Waals surface area (Å²) in [7, 11) is 0. The van der Waals surface area contributed by atoms with Crippen molar-refractivity contribution in [3.8, 4) is 0 Å². The molecule has 0 saturated heterocycles. The van der Waals surface area contributed by atoms with Gasteiger partial charge < -0.3 is 0 Å². The second-order valence-corrected chi connectivity index (χ2v) is 5.63. The summed E-state index contributed by atoms with van der Waals surface area (Å²) < 4.78 is 0. The Balaban J connectivity index is 1.92. The number of hydrogen-bond acceptors (Lipinski definition) is 2. The van der Waals surface area contributed by atoms with Gasteiger partial charge in [-0.05, 0) is 30.1 Å². The minimum absolute atomic E-state index is 0.211. The fourth-order valence-electron chi connectivity index (χ4n) is 5.80. The van der Waals surface area contributed by atoms with Gasteiger partial charge in [0.1, 0.15) is 11.6 Å². The van der Waals surface area contributed by atoms with Crippen molar-refractivity contribution in [2.75, 3.05) is 0 Å². The van der Waals surface area contributed by atoms with Gasteiger partial charge in [-0.25, -0.2) is 0 Å². The van der Waals surface area contributed by atoms with E-state index in [1.165, 1.54) is 6.42 Å². The fourth-order valence-corrected chi connectivity index (χ4v) is 5.80. The van der Waals surface area contributed by atoms with Crippen molar-refractivity contribution in [1.82, 2.24) is 0 Å². The van der Waals surface area contributed by atoms with Crippen molar-refractivity contribution in [1.29, 1.82) is 0 Å². The first-order chi connectivity index (χ1) is 6.30. The Kier molecular flexibility index (Phi) is 0.602. The molecule has 0 amide bonds. The van der Waals surface area contributed by atoms with E-state index in [-0.39, 0.29) is 23.7 Å². The van der Waals surface area contributed by atoms with E-state index < -0.39 is 0 Å². The van der Waals surface area contributed by atoms with Gasteiger partial charge in [0.25, 0.3) is 0 Å². The van der Waals surface area contributed by atoms with E-state index in [1.54, 1.807) is 0 Å². The minimum atomic E-state index is 0.211. The largest absolute Gasteiger partial charge is 0.299 e. The van der Waals surface area contributed by atoms with Gasteiger partial charge in [0.15, 0.2) is 0 Å². The predicted octanol–water partition coefficient (Wildman–Crippen LogP) is 0.512. The molecule has 0 radical (unpaired) electrons. The molecule has 5 saturated carbocycles. The van der Waals surface area contributed by atoms with Crippen LogP contribution in [0.4, 0.5) is 0 Å². The minimum Gasteiger partial charge on any atom is -0.299 e. The van der Waals surface area contributed by atoms with Crippen LogP contribution in [0.5, 0.6) is 0 Å². The number of carbonyl (C=O) groups is 2. The summed E-state index contributed by atoms with van der Waals surface area (Å²) in [4.78, 5) is 23.8. The molecule has 5 aliphatic rings. The van der Waals surface area contributed by atoms with E-state index in [0.717, 1.165) is 0 Å². The van der Waals surface area contributed by atoms with Crippen LogP contribution >= 0.6 is 0 Å². The van der Waals surface area contributed by atoms with Crippen molar-refractivity contribution in [3.63, 3.8) is 0 Å². The Morgan fingerprint density at radius 1 is 0.769 bits per heavy atom. The quantitative estimate of drug-likeness (QED) is 0.536. The first kappa shape index (κ1) is 5.94. The highest BCUT2D eigenvalue weighted by Gasteiger charge is 2.84. The third-order valence-corrected chi connectivity index (χ3v) is 5.82. The van der Waals surface area contributed by atoms with E-state index in [2.05, 4.69) is 0 Å². The molecule has 2 nitrogen and oxygen atoms in total. The summed E-state index contributed by atoms with van der Waals surface area (Å²) in [5.41, 5.74) is 0. The lowest BCUT2D eigenvalue weighted by Crippen LogP contribution is -2.47. The van der Waals surface area contributed by atoms with Gasteiger partial charge >= 0.3 is 0 Å². The lowest BCUT2D eigenvalue weighted by atomic mass is 9.59. The van der Waals surface area contributed by atoms with Gasteiger partial charge in [-0.15, -0.1) is 0 Å². The third-order valence-electron chi connectivity index (χ3n) is 5.82. The highest BCUT2D eigenvalue weighted by atomic mass is 16.1. The molecular weight excluding hydrogens is 164 g/mol. The molecule has 0 aliphatic heterocycles. The smallest absolute Gasteiger partial charge is 0.141 e. The molecule has 0 N–H and O–H groups in total. The Morgan fingerprint density at radius 2 is 1.23 bits per heavy atom. The fraction of sp³-hybridized carbons (Fsp3) is 0.818. The van der Waals surface area contributed by atoms with Crippen LogP contribution < -0.4 is 0 Å². The molecule has 5 fully saturated rings. The van der Waals surface area contributed by atoms with Crippen LogP contribution in [0.25, 0.3) is 0 Å². The normalized spacial score (nSPS) is 74.2. The standard InChI is InChI=1S/C11H10O2/c12-10-6-2-1-3-5-4(2)8(10)9(5)11(13)7(3)6/h2-9H,1H2/t2-,3+,4-,5+,6-,7-,8+,9+/m1/s1. The van der Waals surface area contributed by atoms with Crippen LogP contribution in [0.2, 0.25) is 0 Å². The molecule has 0 aromatic carbocycles. The highest BCUT2D eigenvalue weighted by Crippen LogP contribution is 2.80. The molecule has 0 unspecified atom stereocenters. The Hall–Kier alpha value is -0.660. The van der Waals surface area contributed by atoms with Crippen molar-refractivity contribution >= 4 is 11.6 Å². The maximum atomic E-state index is 11.9. The number of ketones is 2. The summed E-state index contributed by atoms with van der Waals surface area (Å²) in [5.74, 6) is 4.49. The zero-order valence-electron chi connectivity index (χ0n) is 7.14. The van der Waals surface area contributed by atoms with E-state index in [0.29, 0.717) is 35.2 Å². The number of rotatable bonds is 0. The van der Waals surface area contributed by atoms with Crippen LogP contribution in [-0.4, -0.2) is 11.6 Å². The molecule has 0 heterocycles. The molecular formula is C11H10O2. The van der Waals surface area contributed by atoms with E-state index >= 15 is 0 Å². The number of hydrogen-bond donors (Lipinski definition) is 0. The average Bonchev–Trinajstić information content (AvgIpc) is 2.52. The van der Waals surface area contributed by atoms with Crippen LogP contribution in [0.3, 0.4) is 0 Å². The van der Waals surface area contributed by atoms with Crippen molar-refractivity contribution in [3.05, 3.63) is 0 Å². The zero-order chi connectivity index (χ0) is 8.48. The maximum Gasteiger partial charge on any atom is 0.141 e. The van der Waals surface area contributed by atoms with Crippen molar-refractivity contribution in [2.24, 2.45) is 47.3 Å². The molecule has 8 atom stereocenters. The number of fused-ring (bicyclic) bond motifs is 2. The monoisotopic (exact) mass is 174 g/mol. The zero-order valence-corrected chi connectivity index (χ0v) is 7.14. The van der Waals surface area contributed by atoms with E-state index in [4.69, 9.17) is 0 Å². The molecule has 2 bridgehead atoms. The summed E-state index contributed by atoms with van der Waals surface area (Å²) in [6.07, 6.45) is 1.22. The molecule has 0 aromatic rings. The van der Waals surface area contributed by atoms with Crippen molar-refractivity contribution < 1.29 is 9.59 Å². The topological polar surface area (TPSA) is 34.1 Å². The summed E-state index contributed by atoms with van der Waals surface area (Å²) in [6, 6.07) is 0. The molecule has 0 spiro atoms. The van der Waals surface area contributed by atoms with Crippen LogP contribution in [-0.2, 0) is 9.59 Å². The Labute approximate surface area is 75.7 Å². The SMILES string of the molecule is O=C1[C@@H]2[C@H]3C[C@H]4[C@H]2C(=O)[C@@H]2[C@@H]1[C@@H]3[C@@H]42. The molecule has 2 heteroatoms. The third kappa shape index (κ3) is 0.323. The number of carbonyl (C=O) groups excluding carboxylic acids is 2. The average molecular weight is 174 g/mol. The molecule has 13 heavy (non-hydrogen) atoms. The lowest BCUT2D eigenvalue weighted by Gasteiger charge is -2.42. The highest BCUT2D eigenvalue weighted by molar-refractivity contribution is 6.06. The van der Waals surface area contributed by atoms with Crippen LogP contribution in [0.1, 0.15) is 6.42 Å². The van der Waals surface area contributed by atoms with Gasteiger partial charge in [0.2, 0.25) is 0 Å². The van der Waals surface area contributed by atoms with Crippen molar-refractivity contribution in [2.45, 2.75) is 6.42 Å². The lowest BCUT2D eigenvalue weighted by molar-refractivity contribution is -0.145. The molecule has 5 rings (SSSR count). The van der Waals surface area contributed by atoms with Gasteiger partial charge in [-0.1, -0.05) is 0 Å². The Morgan fingerprint density at radius 3 is 1.69 bits per heavy atom. The summed E-state index contributed by atoms with van der Waals surface area (Å²) >= 11 is 0. The predicted molar refractivity (Wildman–Crippen MR) is 42.6 cm³/mol. The van der Waals surface area contributed by atoms with Gasteiger partial charge in [-0.3, -0.25) is 9.59 Å². The van der Waals surface area contributed by atoms with Crippen LogP contribution in [0, 0.1) is 47.3 Å². The number of Topliss-reactive ketones (excluding diaryl/α,β-unsaturated/α-hetero) is 2. The van der Waals surface area contributed by atoms with Gasteiger partial charge in [-0.2, -0.15) is 0 Å². The van der Waals surface area contributed by atoms with Gasteiger partial charge in [0, 0.05) is 23.7 Å². The second kappa shape index (κ2) is 1.32. The first-order valence-corrected chi connectivity index (χ1v) is 5.38. The molecule has 66 valence electrons. The van der Waals surface area contributed by atoms with E-state index in [1.807, 2.05) is 0 Å². The van der Waals surface area contributed by atoms with Gasteiger partial charge in [0.05, 0.1) is 0 Å². The molecule has 5 aliphatic carbocycles.